The first kappa shape index (κ1) is 16.4. The molecule has 1 heterocycles. The third kappa shape index (κ3) is 4.19. The highest BCUT2D eigenvalue weighted by atomic mass is 16.3. The van der Waals surface area contributed by atoms with Gasteiger partial charge in [-0.3, -0.25) is 14.4 Å². The predicted molar refractivity (Wildman–Crippen MR) is 70.8 cm³/mol. The number of carbonyl (C=O) groups excluding carboxylic acids is 2. The van der Waals surface area contributed by atoms with Crippen molar-refractivity contribution in [3.05, 3.63) is 0 Å². The summed E-state index contributed by atoms with van der Waals surface area (Å²) in [6.07, 6.45) is 4.42. The molecule has 114 valence electrons. The van der Waals surface area contributed by atoms with Gasteiger partial charge in [0.1, 0.15) is 5.92 Å². The zero-order valence-electron chi connectivity index (χ0n) is 11.6. The Morgan fingerprint density at radius 3 is 2.40 bits per heavy atom. The number of rotatable bonds is 2. The van der Waals surface area contributed by atoms with Gasteiger partial charge in [0.15, 0.2) is 0 Å². The van der Waals surface area contributed by atoms with Crippen LogP contribution in [-0.4, -0.2) is 46.7 Å². The molecule has 2 aliphatic rings. The average molecular weight is 286 g/mol. The number of aliphatic hydroxyl groups is 1. The molecule has 1 saturated carbocycles. The second-order valence-electron chi connectivity index (χ2n) is 5.51. The summed E-state index contributed by atoms with van der Waals surface area (Å²) >= 11 is 0. The number of carboxylic acid groups (broad SMARTS) is 1. The SMILES string of the molecule is CC1(NC(=O)C2C(=O)NCC2O)CCCCC1.O=CO. The number of aliphatic hydroxyl groups excluding tert-OH is 1. The maximum Gasteiger partial charge on any atom is 0.290 e. The minimum absolute atomic E-state index is 0.174. The molecule has 0 radical (unpaired) electrons. The van der Waals surface area contributed by atoms with Crippen molar-refractivity contribution in [2.45, 2.75) is 50.7 Å². The van der Waals surface area contributed by atoms with Gasteiger partial charge in [-0.2, -0.15) is 0 Å². The summed E-state index contributed by atoms with van der Waals surface area (Å²) in [5.41, 5.74) is -0.210. The molecule has 1 aliphatic heterocycles. The van der Waals surface area contributed by atoms with Gasteiger partial charge >= 0.3 is 0 Å². The number of nitrogens with one attached hydrogen (secondary N) is 2. The molecule has 20 heavy (non-hydrogen) atoms. The first-order chi connectivity index (χ1) is 9.43. The fraction of sp³-hybridized carbons (Fsp3) is 0.769. The highest BCUT2D eigenvalue weighted by Gasteiger charge is 2.41. The van der Waals surface area contributed by atoms with E-state index in [0.717, 1.165) is 25.7 Å². The lowest BCUT2D eigenvalue weighted by Crippen LogP contribution is -2.51. The third-order valence-electron chi connectivity index (χ3n) is 3.82. The number of hydrogen-bond donors (Lipinski definition) is 4. The van der Waals surface area contributed by atoms with E-state index < -0.39 is 12.0 Å². The highest BCUT2D eigenvalue weighted by Crippen LogP contribution is 2.28. The van der Waals surface area contributed by atoms with Crippen molar-refractivity contribution in [2.24, 2.45) is 5.92 Å². The van der Waals surface area contributed by atoms with E-state index >= 15 is 0 Å². The van der Waals surface area contributed by atoms with Gasteiger partial charge in [-0.05, 0) is 19.8 Å². The Balaban J connectivity index is 0.000000612. The van der Waals surface area contributed by atoms with E-state index in [-0.39, 0.29) is 30.4 Å². The van der Waals surface area contributed by atoms with Crippen LogP contribution in [0.15, 0.2) is 0 Å². The van der Waals surface area contributed by atoms with Crippen LogP contribution in [-0.2, 0) is 14.4 Å². The molecule has 0 spiro atoms. The predicted octanol–water partition coefficient (Wildman–Crippen LogP) is -0.367. The smallest absolute Gasteiger partial charge is 0.290 e. The molecular formula is C13H22N2O5. The van der Waals surface area contributed by atoms with Crippen molar-refractivity contribution in [1.29, 1.82) is 0 Å². The molecule has 2 fully saturated rings. The second kappa shape index (κ2) is 7.23. The Labute approximate surface area is 117 Å². The monoisotopic (exact) mass is 286 g/mol. The van der Waals surface area contributed by atoms with Gasteiger partial charge in [0, 0.05) is 12.1 Å². The van der Waals surface area contributed by atoms with Crippen LogP contribution < -0.4 is 10.6 Å². The lowest BCUT2D eigenvalue weighted by molar-refractivity contribution is -0.137. The summed E-state index contributed by atoms with van der Waals surface area (Å²) in [7, 11) is 0. The Kier molecular flexibility index (Phi) is 5.94. The Morgan fingerprint density at radius 2 is 1.95 bits per heavy atom. The normalized spacial score (nSPS) is 27.8. The summed E-state index contributed by atoms with van der Waals surface area (Å²) in [6, 6.07) is 0. The van der Waals surface area contributed by atoms with E-state index in [9.17, 15) is 14.7 Å². The summed E-state index contributed by atoms with van der Waals surface area (Å²) in [5, 5.41) is 21.9. The maximum atomic E-state index is 12.0. The first-order valence-electron chi connectivity index (χ1n) is 6.79. The van der Waals surface area contributed by atoms with Gasteiger partial charge < -0.3 is 20.8 Å². The molecule has 0 aromatic heterocycles. The molecule has 4 N–H and O–H groups in total. The lowest BCUT2D eigenvalue weighted by atomic mass is 9.83. The minimum Gasteiger partial charge on any atom is -0.483 e. The van der Waals surface area contributed by atoms with Crippen molar-refractivity contribution in [3.8, 4) is 0 Å². The lowest BCUT2D eigenvalue weighted by Gasteiger charge is -2.35. The van der Waals surface area contributed by atoms with Crippen LogP contribution in [0.4, 0.5) is 0 Å². The zero-order valence-corrected chi connectivity index (χ0v) is 11.6. The molecular weight excluding hydrogens is 264 g/mol. The quantitative estimate of drug-likeness (QED) is 0.408. The van der Waals surface area contributed by atoms with Gasteiger partial charge in [0.05, 0.1) is 6.10 Å². The van der Waals surface area contributed by atoms with E-state index in [1.165, 1.54) is 6.42 Å². The van der Waals surface area contributed by atoms with Crippen LogP contribution in [0.1, 0.15) is 39.0 Å². The van der Waals surface area contributed by atoms with Gasteiger partial charge in [-0.25, -0.2) is 0 Å². The Morgan fingerprint density at radius 1 is 1.40 bits per heavy atom. The summed E-state index contributed by atoms with van der Waals surface area (Å²) in [4.78, 5) is 31.8. The molecule has 7 nitrogen and oxygen atoms in total. The topological polar surface area (TPSA) is 116 Å². The van der Waals surface area contributed by atoms with E-state index in [2.05, 4.69) is 10.6 Å². The number of β-amino-alcohol motifs (C(OH)–C–C–N with tert-alkyl or cyclic N) is 1. The highest BCUT2D eigenvalue weighted by molar-refractivity contribution is 6.02. The molecule has 2 amide bonds. The first-order valence-corrected chi connectivity index (χ1v) is 6.79. The van der Waals surface area contributed by atoms with E-state index in [1.807, 2.05) is 6.92 Å². The largest absolute Gasteiger partial charge is 0.483 e. The van der Waals surface area contributed by atoms with Gasteiger partial charge in [-0.1, -0.05) is 19.3 Å². The van der Waals surface area contributed by atoms with Gasteiger partial charge in [0.2, 0.25) is 11.8 Å². The third-order valence-corrected chi connectivity index (χ3v) is 3.82. The van der Waals surface area contributed by atoms with Gasteiger partial charge in [-0.15, -0.1) is 0 Å². The number of amides is 2. The molecule has 2 unspecified atom stereocenters. The average Bonchev–Trinajstić information content (AvgIpc) is 2.70. The maximum absolute atomic E-state index is 12.0. The van der Waals surface area contributed by atoms with Crippen molar-refractivity contribution in [3.63, 3.8) is 0 Å². The van der Waals surface area contributed by atoms with Crippen LogP contribution in [0, 0.1) is 5.92 Å². The van der Waals surface area contributed by atoms with Crippen molar-refractivity contribution in [1.82, 2.24) is 10.6 Å². The molecule has 0 aromatic carbocycles. The van der Waals surface area contributed by atoms with Crippen molar-refractivity contribution >= 4 is 18.3 Å². The summed E-state index contributed by atoms with van der Waals surface area (Å²) < 4.78 is 0. The van der Waals surface area contributed by atoms with Crippen molar-refractivity contribution < 1.29 is 24.6 Å². The van der Waals surface area contributed by atoms with Crippen LogP contribution in [0.25, 0.3) is 0 Å². The molecule has 0 bridgehead atoms. The molecule has 0 aromatic rings. The van der Waals surface area contributed by atoms with Crippen LogP contribution in [0.5, 0.6) is 0 Å². The van der Waals surface area contributed by atoms with E-state index in [0.29, 0.717) is 0 Å². The van der Waals surface area contributed by atoms with Gasteiger partial charge in [0.25, 0.3) is 6.47 Å². The molecule has 2 rings (SSSR count). The van der Waals surface area contributed by atoms with Crippen molar-refractivity contribution in [2.75, 3.05) is 6.54 Å². The van der Waals surface area contributed by atoms with Crippen LogP contribution in [0.2, 0.25) is 0 Å². The number of carbonyl (C=O) groups is 3. The molecule has 2 atom stereocenters. The number of hydrogen-bond acceptors (Lipinski definition) is 4. The second-order valence-corrected chi connectivity index (χ2v) is 5.51. The fourth-order valence-corrected chi connectivity index (χ4v) is 2.73. The van der Waals surface area contributed by atoms with E-state index in [4.69, 9.17) is 9.90 Å². The fourth-order valence-electron chi connectivity index (χ4n) is 2.73. The minimum atomic E-state index is -0.936. The summed E-state index contributed by atoms with van der Waals surface area (Å²) in [5.74, 6) is -1.64. The Hall–Kier alpha value is -1.63. The molecule has 1 aliphatic carbocycles. The van der Waals surface area contributed by atoms with E-state index in [1.54, 1.807) is 0 Å². The van der Waals surface area contributed by atoms with Crippen LogP contribution in [0.3, 0.4) is 0 Å². The summed E-state index contributed by atoms with van der Waals surface area (Å²) in [6.45, 7) is 1.94. The Bertz CT molecular complexity index is 366. The molecule has 7 heteroatoms. The standard InChI is InChI=1S/C12H20N2O3.CH2O2/c1-12(5-3-2-4-6-12)14-11(17)9-8(15)7-13-10(9)16;2-1-3/h8-9,15H,2-7H2,1H3,(H,13,16)(H,14,17);1H,(H,2,3). The molecule has 1 saturated heterocycles. The van der Waals surface area contributed by atoms with Crippen LogP contribution >= 0.6 is 0 Å². The zero-order chi connectivity index (χ0) is 15.2.